The van der Waals surface area contributed by atoms with Gasteiger partial charge >= 0.3 is 0 Å². The molecule has 1 aliphatic rings. The summed E-state index contributed by atoms with van der Waals surface area (Å²) in [7, 11) is 0.943. The second-order valence-corrected chi connectivity index (χ2v) is 10.0. The van der Waals surface area contributed by atoms with Crippen LogP contribution in [0.3, 0.4) is 0 Å². The minimum Gasteiger partial charge on any atom is -0.491 e. The maximum absolute atomic E-state index is 15.2. The fourth-order valence-corrected chi connectivity index (χ4v) is 5.47. The summed E-state index contributed by atoms with van der Waals surface area (Å²) >= 11 is 1.08. The Morgan fingerprint density at radius 2 is 1.62 bits per heavy atom. The molecule has 1 unspecified atom stereocenters. The lowest BCUT2D eigenvalue weighted by atomic mass is 10.1. The number of rotatable bonds is 8. The third kappa shape index (κ3) is 5.53. The summed E-state index contributed by atoms with van der Waals surface area (Å²) in [6.45, 7) is -0.0534. The van der Waals surface area contributed by atoms with Gasteiger partial charge in [-0.2, -0.15) is 9.49 Å². The number of nitrogens with zero attached hydrogens (tertiary/aromatic N) is 2. The van der Waals surface area contributed by atoms with Gasteiger partial charge in [-0.15, -0.1) is 0 Å². The van der Waals surface area contributed by atoms with Gasteiger partial charge in [-0.05, 0) is 42.5 Å². The Bertz CT molecular complexity index is 1720. The average Bonchev–Trinajstić information content (AvgIpc) is 3.44. The molecule has 2 N–H and O–H groups in total. The van der Waals surface area contributed by atoms with E-state index in [0.29, 0.717) is 28.5 Å². The number of halogens is 4. The van der Waals surface area contributed by atoms with Crippen molar-refractivity contribution in [2.24, 2.45) is 10.8 Å². The number of carbonyl (C=O) groups is 2. The molecule has 2 amide bonds. The first-order valence-electron chi connectivity index (χ1n) is 12.3. The van der Waals surface area contributed by atoms with Gasteiger partial charge in [0.25, 0.3) is 5.91 Å². The molecule has 0 aromatic heterocycles. The average molecular weight is 596 g/mol. The van der Waals surface area contributed by atoms with Gasteiger partial charge in [-0.1, -0.05) is 48.2 Å². The number of hydrogen-bond donors (Lipinski definition) is 1. The zero-order valence-corrected chi connectivity index (χ0v) is 22.6. The normalized spacial score (nSPS) is 14.5. The van der Waals surface area contributed by atoms with Crippen molar-refractivity contribution in [3.8, 4) is 11.5 Å². The van der Waals surface area contributed by atoms with E-state index in [0.717, 1.165) is 23.9 Å². The summed E-state index contributed by atoms with van der Waals surface area (Å²) in [6, 6.07) is 19.0. The van der Waals surface area contributed by atoms with Crippen molar-refractivity contribution >= 4 is 28.6 Å². The maximum Gasteiger partial charge on any atom is 0.278 e. The SMILES string of the molecule is COc1c(F)c(F)cc(C(=O)N2N=C(c3ccc(F)cc3)SC2c2ccccc2OCc2ccccc2C(N)=O)c1F. The second kappa shape index (κ2) is 12.0. The molecule has 4 aromatic rings. The van der Waals surface area contributed by atoms with E-state index in [1.165, 1.54) is 24.3 Å². The van der Waals surface area contributed by atoms with Crippen LogP contribution in [0.2, 0.25) is 0 Å². The minimum absolute atomic E-state index is 0.0534. The number of amides is 2. The van der Waals surface area contributed by atoms with Crippen molar-refractivity contribution in [3.05, 3.63) is 130 Å². The van der Waals surface area contributed by atoms with Crippen LogP contribution < -0.4 is 15.2 Å². The fourth-order valence-electron chi connectivity index (χ4n) is 4.29. The van der Waals surface area contributed by atoms with Crippen LogP contribution in [0.4, 0.5) is 17.6 Å². The minimum atomic E-state index is -1.58. The number of thioether (sulfide) groups is 1. The molecule has 214 valence electrons. The highest BCUT2D eigenvalue weighted by atomic mass is 32.2. The van der Waals surface area contributed by atoms with E-state index in [2.05, 4.69) is 9.84 Å². The van der Waals surface area contributed by atoms with Crippen LogP contribution in [0.25, 0.3) is 0 Å². The Balaban J connectivity index is 1.55. The van der Waals surface area contributed by atoms with Crippen LogP contribution in [-0.2, 0) is 6.61 Å². The highest BCUT2D eigenvalue weighted by Gasteiger charge is 2.38. The molecule has 4 aromatic carbocycles. The number of para-hydroxylation sites is 1. The second-order valence-electron chi connectivity index (χ2n) is 8.95. The molecule has 0 aliphatic carbocycles. The predicted molar refractivity (Wildman–Crippen MR) is 148 cm³/mol. The Labute approximate surface area is 241 Å². The van der Waals surface area contributed by atoms with E-state index < -0.39 is 51.8 Å². The summed E-state index contributed by atoms with van der Waals surface area (Å²) in [5.74, 6) is -7.43. The van der Waals surface area contributed by atoms with Crippen LogP contribution in [0.1, 0.15) is 42.8 Å². The van der Waals surface area contributed by atoms with Crippen molar-refractivity contribution in [1.82, 2.24) is 5.01 Å². The zero-order chi connectivity index (χ0) is 30.0. The van der Waals surface area contributed by atoms with Crippen LogP contribution in [0.15, 0.2) is 84.0 Å². The van der Waals surface area contributed by atoms with Gasteiger partial charge in [-0.3, -0.25) is 9.59 Å². The fraction of sp³-hybridized carbons (Fsp3) is 0.100. The molecule has 0 saturated carbocycles. The Kier molecular flexibility index (Phi) is 8.16. The largest absolute Gasteiger partial charge is 0.491 e. The molecular weight excluding hydrogens is 574 g/mol. The molecule has 1 aliphatic heterocycles. The number of benzene rings is 4. The van der Waals surface area contributed by atoms with Crippen molar-refractivity contribution in [3.63, 3.8) is 0 Å². The van der Waals surface area contributed by atoms with Crippen molar-refractivity contribution in [2.75, 3.05) is 7.11 Å². The topological polar surface area (TPSA) is 94.2 Å². The standard InChI is InChI=1S/C30H21F4N3O4S/c1-40-26-24(33)21(14-22(32)25(26)34)29(39)37-30(42-28(36-37)16-10-12-18(31)13-11-16)20-8-4-5-9-23(20)41-15-17-6-2-3-7-19(17)27(35)38/h2-14,30H,15H2,1H3,(H2,35,38). The first-order chi connectivity index (χ1) is 20.2. The van der Waals surface area contributed by atoms with E-state index in [1.807, 2.05) is 0 Å². The summed E-state index contributed by atoms with van der Waals surface area (Å²) in [5.41, 5.74) is 6.34. The molecular formula is C30H21F4N3O4S. The first kappa shape index (κ1) is 28.7. The van der Waals surface area contributed by atoms with Gasteiger partial charge in [-0.25, -0.2) is 18.2 Å². The lowest BCUT2D eigenvalue weighted by Gasteiger charge is -2.24. The van der Waals surface area contributed by atoms with Crippen molar-refractivity contribution in [2.45, 2.75) is 12.0 Å². The predicted octanol–water partition coefficient (Wildman–Crippen LogP) is 6.18. The molecule has 0 radical (unpaired) electrons. The van der Waals surface area contributed by atoms with Crippen LogP contribution in [0, 0.1) is 23.3 Å². The molecule has 1 heterocycles. The molecule has 12 heteroatoms. The van der Waals surface area contributed by atoms with Crippen LogP contribution >= 0.6 is 11.8 Å². The molecule has 0 saturated heterocycles. The third-order valence-electron chi connectivity index (χ3n) is 6.34. The van der Waals surface area contributed by atoms with E-state index in [1.54, 1.807) is 48.5 Å². The Morgan fingerprint density at radius 3 is 2.33 bits per heavy atom. The van der Waals surface area contributed by atoms with E-state index >= 15 is 4.39 Å². The smallest absolute Gasteiger partial charge is 0.278 e. The molecule has 1 atom stereocenters. The van der Waals surface area contributed by atoms with Gasteiger partial charge in [0, 0.05) is 22.3 Å². The molecule has 5 rings (SSSR count). The molecule has 0 spiro atoms. The summed E-state index contributed by atoms with van der Waals surface area (Å²) in [5, 5.41) is 4.58. The van der Waals surface area contributed by atoms with Gasteiger partial charge in [0.15, 0.2) is 17.4 Å². The number of carbonyl (C=O) groups excluding carboxylic acids is 2. The lowest BCUT2D eigenvalue weighted by Crippen LogP contribution is -2.27. The lowest BCUT2D eigenvalue weighted by molar-refractivity contribution is 0.0740. The summed E-state index contributed by atoms with van der Waals surface area (Å²) in [6.07, 6.45) is 0. The van der Waals surface area contributed by atoms with Gasteiger partial charge < -0.3 is 15.2 Å². The molecule has 42 heavy (non-hydrogen) atoms. The zero-order valence-electron chi connectivity index (χ0n) is 21.8. The monoisotopic (exact) mass is 595 g/mol. The number of hydrogen-bond acceptors (Lipinski definition) is 6. The first-order valence-corrected chi connectivity index (χ1v) is 13.2. The molecule has 7 nitrogen and oxygen atoms in total. The highest BCUT2D eigenvalue weighted by molar-refractivity contribution is 8.14. The van der Waals surface area contributed by atoms with Gasteiger partial charge in [0.2, 0.25) is 11.7 Å². The molecule has 0 fully saturated rings. The van der Waals surface area contributed by atoms with E-state index in [-0.39, 0.29) is 17.2 Å². The van der Waals surface area contributed by atoms with Gasteiger partial charge in [0.1, 0.15) is 28.6 Å². The van der Waals surface area contributed by atoms with E-state index in [4.69, 9.17) is 10.5 Å². The molecule has 0 bridgehead atoms. The summed E-state index contributed by atoms with van der Waals surface area (Å²) < 4.78 is 67.9. The van der Waals surface area contributed by atoms with E-state index in [9.17, 15) is 22.8 Å². The summed E-state index contributed by atoms with van der Waals surface area (Å²) in [4.78, 5) is 25.6. The number of primary amides is 1. The third-order valence-corrected chi connectivity index (χ3v) is 7.56. The maximum atomic E-state index is 15.2. The van der Waals surface area contributed by atoms with Crippen molar-refractivity contribution < 1.29 is 36.6 Å². The number of ether oxygens (including phenoxy) is 2. The number of nitrogens with two attached hydrogens (primary N) is 1. The van der Waals surface area contributed by atoms with Crippen molar-refractivity contribution in [1.29, 1.82) is 0 Å². The van der Waals surface area contributed by atoms with Crippen LogP contribution in [0.5, 0.6) is 11.5 Å². The highest BCUT2D eigenvalue weighted by Crippen LogP contribution is 2.45. The Hall–Kier alpha value is -4.84. The van der Waals surface area contributed by atoms with Crippen LogP contribution in [-0.4, -0.2) is 29.0 Å². The van der Waals surface area contributed by atoms with Gasteiger partial charge in [0.05, 0.1) is 12.7 Å². The quantitative estimate of drug-likeness (QED) is 0.194. The Morgan fingerprint density at radius 1 is 0.929 bits per heavy atom. The number of methoxy groups -OCH3 is 1. The number of hydrazone groups is 1.